The third kappa shape index (κ3) is 10.5. The summed E-state index contributed by atoms with van der Waals surface area (Å²) in [5.41, 5.74) is 0. The van der Waals surface area contributed by atoms with Crippen molar-refractivity contribution in [3.63, 3.8) is 0 Å². The van der Waals surface area contributed by atoms with Crippen molar-refractivity contribution in [1.82, 2.24) is 0 Å². The first kappa shape index (κ1) is 13.6. The highest BCUT2D eigenvalue weighted by Gasteiger charge is 2.07. The Labute approximate surface area is 100 Å². The van der Waals surface area contributed by atoms with Crippen LogP contribution < -0.4 is 0 Å². The van der Waals surface area contributed by atoms with Gasteiger partial charge in [-0.05, 0) is 23.1 Å². The first-order valence-corrected chi connectivity index (χ1v) is 6.41. The molecule has 0 bridgehead atoms. The first-order valence-electron chi connectivity index (χ1n) is 4.48. The zero-order valence-corrected chi connectivity index (χ0v) is 11.7. The largest absolute Gasteiger partial charge is 0.481 e. The number of likely N-dealkylation sites (N-methyl/N-ethyl adjacent to an activating group) is 1. The van der Waals surface area contributed by atoms with Crippen LogP contribution in [0.25, 0.3) is 0 Å². The molecule has 0 aliphatic heterocycles. The molecular formula is C9H19INOS+. The molecule has 0 heterocycles. The minimum atomic E-state index is 0.740. The zero-order valence-electron chi connectivity index (χ0n) is 8.68. The fraction of sp³-hybridized carbons (Fsp3) is 0.889. The molecule has 0 radical (unpaired) electrons. The molecule has 0 fully saturated rings. The van der Waals surface area contributed by atoms with Gasteiger partial charge in [-0.15, -0.1) is 0 Å². The van der Waals surface area contributed by atoms with Gasteiger partial charge in [0.15, 0.2) is 5.05 Å². The van der Waals surface area contributed by atoms with Crippen molar-refractivity contribution in [2.24, 2.45) is 0 Å². The second-order valence-corrected chi connectivity index (χ2v) is 5.56. The number of hydrogen-bond acceptors (Lipinski definition) is 2. The van der Waals surface area contributed by atoms with Crippen LogP contribution in [0.2, 0.25) is 0 Å². The second kappa shape index (κ2) is 6.95. The van der Waals surface area contributed by atoms with E-state index in [2.05, 4.69) is 43.7 Å². The molecule has 0 saturated heterocycles. The molecule has 0 rings (SSSR count). The summed E-state index contributed by atoms with van der Waals surface area (Å²) >= 11 is 7.43. The zero-order chi connectivity index (χ0) is 10.3. The summed E-state index contributed by atoms with van der Waals surface area (Å²) in [5, 5.41) is 0.769. The molecule has 0 aromatic heterocycles. The number of quaternary nitrogens is 1. The predicted molar refractivity (Wildman–Crippen MR) is 69.6 cm³/mol. The van der Waals surface area contributed by atoms with E-state index >= 15 is 0 Å². The molecular weight excluding hydrogens is 297 g/mol. The Morgan fingerprint density at radius 1 is 1.38 bits per heavy atom. The topological polar surface area (TPSA) is 9.23 Å². The van der Waals surface area contributed by atoms with E-state index in [4.69, 9.17) is 17.0 Å². The normalized spacial score (nSPS) is 11.4. The number of hydrogen-bond donors (Lipinski definition) is 0. The molecule has 2 nitrogen and oxygen atoms in total. The first-order chi connectivity index (χ1) is 5.95. The lowest BCUT2D eigenvalue weighted by Crippen LogP contribution is -2.37. The standard InChI is InChI=1S/C9H19INOS/c1-11(2,3)7-8-12-9(13)5-4-6-10/h4-8H2,1-3H3/q+1. The van der Waals surface area contributed by atoms with E-state index in [0.29, 0.717) is 0 Å². The van der Waals surface area contributed by atoms with Gasteiger partial charge >= 0.3 is 0 Å². The molecule has 0 N–H and O–H groups in total. The lowest BCUT2D eigenvalue weighted by Gasteiger charge is -2.23. The fourth-order valence-corrected chi connectivity index (χ4v) is 1.33. The maximum Gasteiger partial charge on any atom is 0.160 e. The van der Waals surface area contributed by atoms with Crippen LogP contribution >= 0.6 is 34.8 Å². The van der Waals surface area contributed by atoms with Gasteiger partial charge in [-0.2, -0.15) is 0 Å². The van der Waals surface area contributed by atoms with E-state index in [-0.39, 0.29) is 0 Å². The van der Waals surface area contributed by atoms with Gasteiger partial charge in [0.1, 0.15) is 13.2 Å². The smallest absolute Gasteiger partial charge is 0.160 e. The van der Waals surface area contributed by atoms with Crippen LogP contribution in [0.4, 0.5) is 0 Å². The molecule has 13 heavy (non-hydrogen) atoms. The van der Waals surface area contributed by atoms with Gasteiger partial charge < -0.3 is 9.22 Å². The van der Waals surface area contributed by atoms with E-state index < -0.39 is 0 Å². The highest BCUT2D eigenvalue weighted by molar-refractivity contribution is 14.1. The summed E-state index contributed by atoms with van der Waals surface area (Å²) in [7, 11) is 6.45. The Kier molecular flexibility index (Phi) is 7.26. The van der Waals surface area contributed by atoms with Crippen LogP contribution in [0.1, 0.15) is 12.8 Å². The molecule has 78 valence electrons. The summed E-state index contributed by atoms with van der Waals surface area (Å²) in [4.78, 5) is 0. The molecule has 0 spiro atoms. The third-order valence-electron chi connectivity index (χ3n) is 1.54. The Balaban J connectivity index is 3.37. The van der Waals surface area contributed by atoms with E-state index in [1.54, 1.807) is 0 Å². The lowest BCUT2D eigenvalue weighted by molar-refractivity contribution is -0.870. The van der Waals surface area contributed by atoms with Gasteiger partial charge in [-0.3, -0.25) is 0 Å². The predicted octanol–water partition coefficient (Wildman–Crippen LogP) is 2.25. The van der Waals surface area contributed by atoms with E-state index in [0.717, 1.165) is 40.0 Å². The number of halogens is 1. The van der Waals surface area contributed by atoms with Crippen molar-refractivity contribution in [3.8, 4) is 0 Å². The quantitative estimate of drug-likeness (QED) is 0.322. The number of thiocarbonyl (C=S) groups is 1. The summed E-state index contributed by atoms with van der Waals surface area (Å²) < 4.78 is 7.51. The molecule has 0 unspecified atom stereocenters. The minimum absolute atomic E-state index is 0.740. The molecule has 0 aromatic rings. The number of ether oxygens (including phenoxy) is 1. The summed E-state index contributed by atoms with van der Waals surface area (Å²) in [6.45, 7) is 1.74. The van der Waals surface area contributed by atoms with Gasteiger partial charge in [0.05, 0.1) is 21.1 Å². The molecule has 0 aliphatic rings. The average Bonchev–Trinajstić information content (AvgIpc) is 1.98. The second-order valence-electron chi connectivity index (χ2n) is 4.03. The molecule has 4 heteroatoms. The molecule has 0 amide bonds. The number of rotatable bonds is 6. The maximum atomic E-state index is 5.43. The maximum absolute atomic E-state index is 5.43. The van der Waals surface area contributed by atoms with Crippen LogP contribution in [-0.2, 0) is 4.74 Å². The molecule has 0 atom stereocenters. The van der Waals surface area contributed by atoms with Crippen molar-refractivity contribution < 1.29 is 9.22 Å². The number of nitrogens with zero attached hydrogens (tertiary/aromatic N) is 1. The van der Waals surface area contributed by atoms with E-state index in [1.807, 2.05) is 0 Å². The van der Waals surface area contributed by atoms with E-state index in [9.17, 15) is 0 Å². The highest BCUT2D eigenvalue weighted by atomic mass is 127. The van der Waals surface area contributed by atoms with Crippen LogP contribution in [-0.4, -0.2) is 48.3 Å². The van der Waals surface area contributed by atoms with Gasteiger partial charge in [0.25, 0.3) is 0 Å². The molecule has 0 saturated carbocycles. The lowest BCUT2D eigenvalue weighted by atomic mass is 10.4. The average molecular weight is 316 g/mol. The SMILES string of the molecule is C[N+](C)(C)CCOC(=S)CCCI. The minimum Gasteiger partial charge on any atom is -0.481 e. The van der Waals surface area contributed by atoms with Gasteiger partial charge in [0.2, 0.25) is 0 Å². The third-order valence-corrected chi connectivity index (χ3v) is 2.62. The summed E-state index contributed by atoms with van der Waals surface area (Å²) in [6, 6.07) is 0. The van der Waals surface area contributed by atoms with Crippen molar-refractivity contribution in [2.75, 3.05) is 38.7 Å². The Morgan fingerprint density at radius 2 is 2.00 bits per heavy atom. The molecule has 0 aliphatic carbocycles. The Bertz CT molecular complexity index is 156. The molecule has 0 aromatic carbocycles. The van der Waals surface area contributed by atoms with Crippen molar-refractivity contribution in [3.05, 3.63) is 0 Å². The Hall–Kier alpha value is 0.580. The monoisotopic (exact) mass is 316 g/mol. The number of alkyl halides is 1. The van der Waals surface area contributed by atoms with Gasteiger partial charge in [0, 0.05) is 6.42 Å². The van der Waals surface area contributed by atoms with Crippen LogP contribution in [0, 0.1) is 0 Å². The van der Waals surface area contributed by atoms with Crippen LogP contribution in [0.15, 0.2) is 0 Å². The van der Waals surface area contributed by atoms with Gasteiger partial charge in [-0.25, -0.2) is 0 Å². The van der Waals surface area contributed by atoms with Crippen molar-refractivity contribution in [1.29, 1.82) is 0 Å². The fourth-order valence-electron chi connectivity index (χ4n) is 0.717. The van der Waals surface area contributed by atoms with Crippen LogP contribution in [0.3, 0.4) is 0 Å². The van der Waals surface area contributed by atoms with E-state index in [1.165, 1.54) is 0 Å². The van der Waals surface area contributed by atoms with Crippen molar-refractivity contribution in [2.45, 2.75) is 12.8 Å². The summed E-state index contributed by atoms with van der Waals surface area (Å²) in [6.07, 6.45) is 2.05. The summed E-state index contributed by atoms with van der Waals surface area (Å²) in [5.74, 6) is 0. The van der Waals surface area contributed by atoms with Crippen molar-refractivity contribution >= 4 is 39.9 Å². The van der Waals surface area contributed by atoms with Gasteiger partial charge in [-0.1, -0.05) is 22.6 Å². The Morgan fingerprint density at radius 3 is 2.46 bits per heavy atom. The van der Waals surface area contributed by atoms with Crippen LogP contribution in [0.5, 0.6) is 0 Å². The highest BCUT2D eigenvalue weighted by Crippen LogP contribution is 1.99.